The third-order valence-electron chi connectivity index (χ3n) is 4.78. The van der Waals surface area contributed by atoms with Crippen molar-refractivity contribution in [2.75, 3.05) is 19.7 Å². The van der Waals surface area contributed by atoms with Gasteiger partial charge in [0.1, 0.15) is 12.4 Å². The zero-order valence-corrected chi connectivity index (χ0v) is 12.1. The molecule has 0 spiro atoms. The fourth-order valence-electron chi connectivity index (χ4n) is 3.20. The number of nitrogens with zero attached hydrogens (tertiary/aromatic N) is 1. The summed E-state index contributed by atoms with van der Waals surface area (Å²) in [6.45, 7) is 9.84. The molecule has 0 radical (unpaired) electrons. The second kappa shape index (κ2) is 4.80. The molecule has 0 amide bonds. The molecule has 2 aliphatic rings. The number of ether oxygens (including phenoxy) is 1. The molecule has 1 N–H and O–H groups in total. The summed E-state index contributed by atoms with van der Waals surface area (Å²) in [4.78, 5) is 2.62. The van der Waals surface area contributed by atoms with Gasteiger partial charge in [0.2, 0.25) is 0 Å². The van der Waals surface area contributed by atoms with Crippen LogP contribution in [0.5, 0.6) is 5.75 Å². The van der Waals surface area contributed by atoms with Crippen LogP contribution in [0.15, 0.2) is 24.3 Å². The third kappa shape index (κ3) is 2.26. The maximum Gasteiger partial charge on any atom is 0.124 e. The SMILES string of the molecule is CCC1(C)CN(C2COc3ccccc32)C(C)CN1. The van der Waals surface area contributed by atoms with Crippen molar-refractivity contribution in [3.63, 3.8) is 0 Å². The van der Waals surface area contributed by atoms with E-state index in [1.54, 1.807) is 0 Å². The molecule has 1 fully saturated rings. The summed E-state index contributed by atoms with van der Waals surface area (Å²) >= 11 is 0. The molecule has 3 unspecified atom stereocenters. The van der Waals surface area contributed by atoms with Crippen LogP contribution < -0.4 is 10.1 Å². The molecule has 0 aliphatic carbocycles. The largest absolute Gasteiger partial charge is 0.491 e. The summed E-state index contributed by atoms with van der Waals surface area (Å²) in [5, 5.41) is 3.69. The summed E-state index contributed by atoms with van der Waals surface area (Å²) < 4.78 is 5.85. The Bertz CT molecular complexity index is 462. The van der Waals surface area contributed by atoms with Gasteiger partial charge in [-0.05, 0) is 26.3 Å². The highest BCUT2D eigenvalue weighted by atomic mass is 16.5. The first kappa shape index (κ1) is 12.9. The minimum Gasteiger partial charge on any atom is -0.491 e. The predicted molar refractivity (Wildman–Crippen MR) is 77.5 cm³/mol. The lowest BCUT2D eigenvalue weighted by Gasteiger charge is -2.47. The van der Waals surface area contributed by atoms with Crippen LogP contribution in [-0.4, -0.2) is 36.2 Å². The van der Waals surface area contributed by atoms with Gasteiger partial charge in [-0.15, -0.1) is 0 Å². The average Bonchev–Trinajstić information content (AvgIpc) is 2.86. The highest BCUT2D eigenvalue weighted by molar-refractivity contribution is 5.39. The van der Waals surface area contributed by atoms with Crippen LogP contribution in [0.2, 0.25) is 0 Å². The Hall–Kier alpha value is -1.06. The highest BCUT2D eigenvalue weighted by Crippen LogP contribution is 2.38. The Morgan fingerprint density at radius 2 is 2.21 bits per heavy atom. The zero-order valence-electron chi connectivity index (χ0n) is 12.1. The van der Waals surface area contributed by atoms with Crippen molar-refractivity contribution in [2.24, 2.45) is 0 Å². The molecule has 3 heteroatoms. The standard InChI is InChI=1S/C16H24N2O/c1-4-16(3)11-18(12(2)9-17-16)14-10-19-15-8-6-5-7-13(14)15/h5-8,12,14,17H,4,9-11H2,1-3H3. The van der Waals surface area contributed by atoms with E-state index in [1.807, 2.05) is 0 Å². The fourth-order valence-corrected chi connectivity index (χ4v) is 3.20. The predicted octanol–water partition coefficient (Wildman–Crippen LogP) is 2.58. The second-order valence-corrected chi connectivity index (χ2v) is 6.18. The summed E-state index contributed by atoms with van der Waals surface area (Å²) in [5.41, 5.74) is 1.58. The van der Waals surface area contributed by atoms with Crippen LogP contribution in [0, 0.1) is 0 Å². The van der Waals surface area contributed by atoms with Crippen LogP contribution in [0.25, 0.3) is 0 Å². The quantitative estimate of drug-likeness (QED) is 0.884. The van der Waals surface area contributed by atoms with E-state index >= 15 is 0 Å². The van der Waals surface area contributed by atoms with E-state index in [-0.39, 0.29) is 5.54 Å². The third-order valence-corrected chi connectivity index (χ3v) is 4.78. The Balaban J connectivity index is 1.85. The van der Waals surface area contributed by atoms with Crippen LogP contribution in [0.3, 0.4) is 0 Å². The van der Waals surface area contributed by atoms with Gasteiger partial charge in [0.15, 0.2) is 0 Å². The number of fused-ring (bicyclic) bond motifs is 1. The van der Waals surface area contributed by atoms with E-state index in [2.05, 4.69) is 55.3 Å². The van der Waals surface area contributed by atoms with Crippen molar-refractivity contribution in [1.82, 2.24) is 10.2 Å². The molecule has 1 aromatic carbocycles. The van der Waals surface area contributed by atoms with Crippen molar-refractivity contribution in [1.29, 1.82) is 0 Å². The van der Waals surface area contributed by atoms with Gasteiger partial charge in [-0.2, -0.15) is 0 Å². The molecule has 104 valence electrons. The number of rotatable bonds is 2. The smallest absolute Gasteiger partial charge is 0.124 e. The van der Waals surface area contributed by atoms with Gasteiger partial charge in [0, 0.05) is 30.2 Å². The van der Waals surface area contributed by atoms with Crippen molar-refractivity contribution < 1.29 is 4.74 Å². The van der Waals surface area contributed by atoms with E-state index in [9.17, 15) is 0 Å². The molecular weight excluding hydrogens is 236 g/mol. The van der Waals surface area contributed by atoms with E-state index in [4.69, 9.17) is 4.74 Å². The van der Waals surface area contributed by atoms with Gasteiger partial charge in [-0.3, -0.25) is 4.90 Å². The van der Waals surface area contributed by atoms with Crippen molar-refractivity contribution in [3.05, 3.63) is 29.8 Å². The molecule has 2 heterocycles. The molecule has 0 saturated carbocycles. The van der Waals surface area contributed by atoms with Crippen molar-refractivity contribution in [2.45, 2.75) is 44.8 Å². The van der Waals surface area contributed by atoms with Gasteiger partial charge >= 0.3 is 0 Å². The number of benzene rings is 1. The normalized spacial score (nSPS) is 34.9. The minimum absolute atomic E-state index is 0.226. The van der Waals surface area contributed by atoms with E-state index in [0.29, 0.717) is 12.1 Å². The first-order chi connectivity index (χ1) is 9.13. The van der Waals surface area contributed by atoms with Gasteiger partial charge in [-0.25, -0.2) is 0 Å². The monoisotopic (exact) mass is 260 g/mol. The first-order valence-corrected chi connectivity index (χ1v) is 7.35. The number of para-hydroxylation sites is 1. The van der Waals surface area contributed by atoms with E-state index < -0.39 is 0 Å². The lowest BCUT2D eigenvalue weighted by molar-refractivity contribution is 0.0443. The minimum atomic E-state index is 0.226. The van der Waals surface area contributed by atoms with Gasteiger partial charge in [0.05, 0.1) is 6.04 Å². The fraction of sp³-hybridized carbons (Fsp3) is 0.625. The van der Waals surface area contributed by atoms with Crippen molar-refractivity contribution >= 4 is 0 Å². The Morgan fingerprint density at radius 1 is 1.42 bits per heavy atom. The Kier molecular flexibility index (Phi) is 3.27. The summed E-state index contributed by atoms with van der Waals surface area (Å²) in [7, 11) is 0. The second-order valence-electron chi connectivity index (χ2n) is 6.18. The van der Waals surface area contributed by atoms with E-state index in [0.717, 1.165) is 31.9 Å². The van der Waals surface area contributed by atoms with Crippen LogP contribution in [0.4, 0.5) is 0 Å². The summed E-state index contributed by atoms with van der Waals surface area (Å²) in [6.07, 6.45) is 1.16. The van der Waals surface area contributed by atoms with Crippen LogP contribution in [0.1, 0.15) is 38.8 Å². The summed E-state index contributed by atoms with van der Waals surface area (Å²) in [5.74, 6) is 1.07. The number of hydrogen-bond donors (Lipinski definition) is 1. The molecule has 0 bridgehead atoms. The number of hydrogen-bond acceptors (Lipinski definition) is 3. The Labute approximate surface area is 115 Å². The number of piperazine rings is 1. The lowest BCUT2D eigenvalue weighted by Crippen LogP contribution is -2.62. The maximum absolute atomic E-state index is 5.85. The highest BCUT2D eigenvalue weighted by Gasteiger charge is 2.39. The van der Waals surface area contributed by atoms with Crippen LogP contribution in [-0.2, 0) is 0 Å². The topological polar surface area (TPSA) is 24.5 Å². The molecular formula is C16H24N2O. The molecule has 2 aliphatic heterocycles. The molecule has 19 heavy (non-hydrogen) atoms. The van der Waals surface area contributed by atoms with Crippen molar-refractivity contribution in [3.8, 4) is 5.75 Å². The molecule has 1 aromatic rings. The average molecular weight is 260 g/mol. The zero-order chi connectivity index (χ0) is 13.5. The van der Waals surface area contributed by atoms with E-state index in [1.165, 1.54) is 5.56 Å². The molecule has 3 rings (SSSR count). The molecule has 3 atom stereocenters. The van der Waals surface area contributed by atoms with Crippen LogP contribution >= 0.6 is 0 Å². The molecule has 0 aromatic heterocycles. The molecule has 3 nitrogen and oxygen atoms in total. The first-order valence-electron chi connectivity index (χ1n) is 7.35. The van der Waals surface area contributed by atoms with Gasteiger partial charge in [-0.1, -0.05) is 25.1 Å². The van der Waals surface area contributed by atoms with Gasteiger partial charge in [0.25, 0.3) is 0 Å². The number of nitrogens with one attached hydrogen (secondary N) is 1. The maximum atomic E-state index is 5.85. The lowest BCUT2D eigenvalue weighted by atomic mass is 9.91. The Morgan fingerprint density at radius 3 is 3.00 bits per heavy atom. The van der Waals surface area contributed by atoms with Gasteiger partial charge < -0.3 is 10.1 Å². The summed E-state index contributed by atoms with van der Waals surface area (Å²) in [6, 6.07) is 9.44. The molecule has 1 saturated heterocycles.